The molecule has 0 fully saturated rings. The SMILES string of the molecule is CCCC(CCO)CN=C(NCC)NCCNc1ccc([N+](=O)[O-])cc1. The summed E-state index contributed by atoms with van der Waals surface area (Å²) in [5.74, 6) is 1.16. The molecule has 0 aromatic heterocycles. The zero-order valence-electron chi connectivity index (χ0n) is 15.7. The van der Waals surface area contributed by atoms with E-state index in [4.69, 9.17) is 5.11 Å². The van der Waals surface area contributed by atoms with E-state index in [-0.39, 0.29) is 12.3 Å². The van der Waals surface area contributed by atoms with Gasteiger partial charge in [-0.15, -0.1) is 0 Å². The van der Waals surface area contributed by atoms with E-state index in [0.717, 1.165) is 37.5 Å². The Hall–Kier alpha value is -2.35. The number of nitrogens with one attached hydrogen (secondary N) is 3. The zero-order valence-corrected chi connectivity index (χ0v) is 15.7. The first kappa shape index (κ1) is 21.7. The highest BCUT2D eigenvalue weighted by Crippen LogP contribution is 2.15. The van der Waals surface area contributed by atoms with Gasteiger partial charge in [-0.2, -0.15) is 0 Å². The molecule has 1 unspecified atom stereocenters. The lowest BCUT2D eigenvalue weighted by Gasteiger charge is -2.15. The van der Waals surface area contributed by atoms with E-state index < -0.39 is 4.92 Å². The summed E-state index contributed by atoms with van der Waals surface area (Å²) < 4.78 is 0. The molecular weight excluding hydrogens is 334 g/mol. The summed E-state index contributed by atoms with van der Waals surface area (Å²) in [7, 11) is 0. The third-order valence-electron chi connectivity index (χ3n) is 3.91. The molecule has 4 N–H and O–H groups in total. The Balaban J connectivity index is 2.42. The average molecular weight is 365 g/mol. The number of anilines is 1. The van der Waals surface area contributed by atoms with Gasteiger partial charge in [-0.05, 0) is 37.8 Å². The average Bonchev–Trinajstić information content (AvgIpc) is 2.63. The molecule has 8 nitrogen and oxygen atoms in total. The highest BCUT2D eigenvalue weighted by atomic mass is 16.6. The van der Waals surface area contributed by atoms with Crippen LogP contribution in [0.15, 0.2) is 29.3 Å². The van der Waals surface area contributed by atoms with Crippen LogP contribution in [0.25, 0.3) is 0 Å². The second-order valence-corrected chi connectivity index (χ2v) is 6.04. The summed E-state index contributed by atoms with van der Waals surface area (Å²) in [6, 6.07) is 6.36. The van der Waals surface area contributed by atoms with Crippen molar-refractivity contribution in [1.82, 2.24) is 10.6 Å². The highest BCUT2D eigenvalue weighted by molar-refractivity contribution is 5.79. The number of nitrogens with zero attached hydrogens (tertiary/aromatic N) is 2. The Labute approximate surface area is 155 Å². The first-order valence-electron chi connectivity index (χ1n) is 9.22. The number of nitro groups is 1. The van der Waals surface area contributed by atoms with Crippen molar-refractivity contribution in [3.05, 3.63) is 34.4 Å². The maximum atomic E-state index is 10.6. The molecule has 0 aliphatic rings. The molecule has 0 heterocycles. The number of hydrogen-bond acceptors (Lipinski definition) is 5. The molecule has 0 amide bonds. The minimum absolute atomic E-state index is 0.0831. The summed E-state index contributed by atoms with van der Waals surface area (Å²) in [4.78, 5) is 14.8. The van der Waals surface area contributed by atoms with E-state index >= 15 is 0 Å². The van der Waals surface area contributed by atoms with Crippen molar-refractivity contribution in [2.75, 3.05) is 38.1 Å². The van der Waals surface area contributed by atoms with E-state index in [1.54, 1.807) is 12.1 Å². The number of guanidine groups is 1. The molecule has 1 atom stereocenters. The number of aliphatic hydroxyl groups excluding tert-OH is 1. The molecule has 0 saturated carbocycles. The largest absolute Gasteiger partial charge is 0.396 e. The highest BCUT2D eigenvalue weighted by Gasteiger charge is 2.07. The molecule has 146 valence electrons. The van der Waals surface area contributed by atoms with Crippen LogP contribution in [-0.4, -0.2) is 48.8 Å². The van der Waals surface area contributed by atoms with Gasteiger partial charge in [0.1, 0.15) is 0 Å². The Bertz CT molecular complexity index is 542. The topological polar surface area (TPSA) is 112 Å². The monoisotopic (exact) mass is 365 g/mol. The third kappa shape index (κ3) is 8.66. The number of aliphatic imine (C=N–C) groups is 1. The van der Waals surface area contributed by atoms with Crippen molar-refractivity contribution in [2.24, 2.45) is 10.9 Å². The molecule has 0 bridgehead atoms. The number of nitro benzene ring substituents is 1. The summed E-state index contributed by atoms with van der Waals surface area (Å²) in [5.41, 5.74) is 0.921. The minimum atomic E-state index is -0.410. The van der Waals surface area contributed by atoms with Gasteiger partial charge in [0.2, 0.25) is 0 Å². The van der Waals surface area contributed by atoms with Crippen LogP contribution in [0, 0.1) is 16.0 Å². The first-order valence-corrected chi connectivity index (χ1v) is 9.22. The number of benzene rings is 1. The second kappa shape index (κ2) is 12.9. The quantitative estimate of drug-likeness (QED) is 0.149. The fourth-order valence-electron chi connectivity index (χ4n) is 2.57. The fourth-order valence-corrected chi connectivity index (χ4v) is 2.57. The normalized spacial score (nSPS) is 12.5. The minimum Gasteiger partial charge on any atom is -0.396 e. The van der Waals surface area contributed by atoms with Crippen LogP contribution >= 0.6 is 0 Å². The number of hydrogen-bond donors (Lipinski definition) is 4. The van der Waals surface area contributed by atoms with Crippen LogP contribution in [0.2, 0.25) is 0 Å². The van der Waals surface area contributed by atoms with E-state index in [9.17, 15) is 10.1 Å². The molecule has 1 aromatic carbocycles. The second-order valence-electron chi connectivity index (χ2n) is 6.04. The van der Waals surface area contributed by atoms with Crippen molar-refractivity contribution < 1.29 is 10.0 Å². The first-order chi connectivity index (χ1) is 12.6. The van der Waals surface area contributed by atoms with Crippen LogP contribution in [0.3, 0.4) is 0 Å². The predicted molar refractivity (Wildman–Crippen MR) is 106 cm³/mol. The van der Waals surface area contributed by atoms with Gasteiger partial charge in [0.25, 0.3) is 5.69 Å². The van der Waals surface area contributed by atoms with Crippen LogP contribution in [-0.2, 0) is 0 Å². The van der Waals surface area contributed by atoms with Gasteiger partial charge < -0.3 is 21.1 Å². The standard InChI is InChI=1S/C18H31N5O3/c1-3-5-15(10-13-24)14-22-18(19-4-2)21-12-11-20-16-6-8-17(9-7-16)23(25)26/h6-9,15,20,24H,3-5,10-14H2,1-2H3,(H2,19,21,22). The molecule has 0 saturated heterocycles. The molecule has 0 radical (unpaired) electrons. The smallest absolute Gasteiger partial charge is 0.269 e. The van der Waals surface area contributed by atoms with Crippen LogP contribution < -0.4 is 16.0 Å². The number of rotatable bonds is 12. The maximum absolute atomic E-state index is 10.6. The maximum Gasteiger partial charge on any atom is 0.269 e. The summed E-state index contributed by atoms with van der Waals surface area (Å²) in [6.45, 7) is 7.16. The Morgan fingerprint density at radius 2 is 1.92 bits per heavy atom. The molecular formula is C18H31N5O3. The molecule has 26 heavy (non-hydrogen) atoms. The third-order valence-corrected chi connectivity index (χ3v) is 3.91. The van der Waals surface area contributed by atoms with Crippen molar-refractivity contribution in [1.29, 1.82) is 0 Å². The van der Waals surface area contributed by atoms with E-state index in [2.05, 4.69) is 27.9 Å². The van der Waals surface area contributed by atoms with Crippen LogP contribution in [0.5, 0.6) is 0 Å². The Morgan fingerprint density at radius 3 is 2.50 bits per heavy atom. The fraction of sp³-hybridized carbons (Fsp3) is 0.611. The van der Waals surface area contributed by atoms with Crippen LogP contribution in [0.1, 0.15) is 33.1 Å². The Morgan fingerprint density at radius 1 is 1.19 bits per heavy atom. The zero-order chi connectivity index (χ0) is 19.2. The van der Waals surface area contributed by atoms with Crippen molar-refractivity contribution in [3.8, 4) is 0 Å². The summed E-state index contributed by atoms with van der Waals surface area (Å²) in [5, 5.41) is 29.5. The Kier molecular flexibility index (Phi) is 10.8. The molecule has 0 aliphatic heterocycles. The van der Waals surface area contributed by atoms with Gasteiger partial charge >= 0.3 is 0 Å². The van der Waals surface area contributed by atoms with Gasteiger partial charge in [0.05, 0.1) is 4.92 Å². The van der Waals surface area contributed by atoms with Crippen LogP contribution in [0.4, 0.5) is 11.4 Å². The van der Waals surface area contributed by atoms with Gasteiger partial charge in [-0.3, -0.25) is 15.1 Å². The number of non-ortho nitro benzene ring substituents is 1. The number of aliphatic hydroxyl groups is 1. The molecule has 0 spiro atoms. The van der Waals surface area contributed by atoms with Crippen molar-refractivity contribution >= 4 is 17.3 Å². The predicted octanol–water partition coefficient (Wildman–Crippen LogP) is 2.36. The molecule has 1 rings (SSSR count). The van der Waals surface area contributed by atoms with Gasteiger partial charge in [0, 0.05) is 50.6 Å². The van der Waals surface area contributed by atoms with Crippen molar-refractivity contribution in [3.63, 3.8) is 0 Å². The van der Waals surface area contributed by atoms with Gasteiger partial charge in [-0.25, -0.2) is 0 Å². The van der Waals surface area contributed by atoms with Gasteiger partial charge in [0.15, 0.2) is 5.96 Å². The summed E-state index contributed by atoms with van der Waals surface area (Å²) in [6.07, 6.45) is 2.92. The van der Waals surface area contributed by atoms with E-state index in [1.165, 1.54) is 12.1 Å². The lowest BCUT2D eigenvalue weighted by molar-refractivity contribution is -0.384. The molecule has 8 heteroatoms. The van der Waals surface area contributed by atoms with Gasteiger partial charge in [-0.1, -0.05) is 13.3 Å². The lowest BCUT2D eigenvalue weighted by Crippen LogP contribution is -2.40. The molecule has 0 aliphatic carbocycles. The van der Waals surface area contributed by atoms with E-state index in [1.807, 2.05) is 6.92 Å². The summed E-state index contributed by atoms with van der Waals surface area (Å²) >= 11 is 0. The van der Waals surface area contributed by atoms with Crippen molar-refractivity contribution in [2.45, 2.75) is 33.1 Å². The molecule has 1 aromatic rings. The van der Waals surface area contributed by atoms with E-state index in [0.29, 0.717) is 25.6 Å². The lowest BCUT2D eigenvalue weighted by atomic mass is 10.0.